The van der Waals surface area contributed by atoms with E-state index in [2.05, 4.69) is 18.8 Å². The number of likely N-dealkylation sites (tertiary alicyclic amines) is 1. The zero-order valence-corrected chi connectivity index (χ0v) is 11.2. The Labute approximate surface area is 114 Å². The Morgan fingerprint density at radius 2 is 2.26 bits per heavy atom. The lowest BCUT2D eigenvalue weighted by Gasteiger charge is -2.32. The molecule has 0 spiro atoms. The van der Waals surface area contributed by atoms with Crippen LogP contribution in [0.1, 0.15) is 43.4 Å². The van der Waals surface area contributed by atoms with Crippen molar-refractivity contribution in [2.75, 3.05) is 13.2 Å². The first-order chi connectivity index (χ1) is 9.22. The van der Waals surface area contributed by atoms with E-state index < -0.39 is 0 Å². The maximum absolute atomic E-state index is 11.9. The lowest BCUT2D eigenvalue weighted by Crippen LogP contribution is -2.37. The molecule has 0 saturated carbocycles. The predicted octanol–water partition coefficient (Wildman–Crippen LogP) is 2.10. The van der Waals surface area contributed by atoms with Crippen molar-refractivity contribution in [2.24, 2.45) is 0 Å². The lowest BCUT2D eigenvalue weighted by molar-refractivity contribution is -0.135. The molecule has 1 aliphatic heterocycles. The number of carbonyl (C=O) groups is 1. The van der Waals surface area contributed by atoms with Gasteiger partial charge in [-0.25, -0.2) is 0 Å². The molecule has 1 amide bonds. The molecule has 3 heteroatoms. The van der Waals surface area contributed by atoms with Crippen LogP contribution in [-0.2, 0) is 4.79 Å². The first-order valence-electron chi connectivity index (χ1n) is 6.71. The zero-order chi connectivity index (χ0) is 13.7. The van der Waals surface area contributed by atoms with Crippen LogP contribution >= 0.6 is 0 Å². The van der Waals surface area contributed by atoms with Gasteiger partial charge in [-0.3, -0.25) is 4.79 Å². The predicted molar refractivity (Wildman–Crippen MR) is 74.4 cm³/mol. The van der Waals surface area contributed by atoms with Crippen molar-refractivity contribution in [1.82, 2.24) is 4.90 Å². The standard InChI is InChI=1S/C16H19NO2/c1-13(17-10-3-2-9-16(17)19)15-8-4-6-14(12-15)7-5-11-18/h4,6,8,12-13,18H,2-3,9-11H2,1H3. The molecule has 0 radical (unpaired) electrons. The smallest absolute Gasteiger partial charge is 0.223 e. The Hall–Kier alpha value is -1.79. The highest BCUT2D eigenvalue weighted by atomic mass is 16.2. The number of benzene rings is 1. The van der Waals surface area contributed by atoms with E-state index in [1.807, 2.05) is 29.2 Å². The topological polar surface area (TPSA) is 40.5 Å². The number of aliphatic hydroxyl groups is 1. The average molecular weight is 257 g/mol. The van der Waals surface area contributed by atoms with Crippen LogP contribution in [0.4, 0.5) is 0 Å². The van der Waals surface area contributed by atoms with E-state index in [1.54, 1.807) is 0 Å². The van der Waals surface area contributed by atoms with Gasteiger partial charge in [-0.1, -0.05) is 24.0 Å². The van der Waals surface area contributed by atoms with E-state index in [0.717, 1.165) is 30.5 Å². The van der Waals surface area contributed by atoms with Crippen LogP contribution in [0.3, 0.4) is 0 Å². The summed E-state index contributed by atoms with van der Waals surface area (Å²) in [5.41, 5.74) is 1.97. The fraction of sp³-hybridized carbons (Fsp3) is 0.438. The molecule has 1 unspecified atom stereocenters. The Balaban J connectivity index is 2.18. The van der Waals surface area contributed by atoms with Crippen LogP contribution in [-0.4, -0.2) is 29.1 Å². The average Bonchev–Trinajstić information content (AvgIpc) is 2.45. The van der Waals surface area contributed by atoms with Crippen molar-refractivity contribution in [3.05, 3.63) is 35.4 Å². The molecule has 1 atom stereocenters. The first-order valence-corrected chi connectivity index (χ1v) is 6.71. The molecule has 2 rings (SSSR count). The first kappa shape index (κ1) is 13.6. The second-order valence-electron chi connectivity index (χ2n) is 4.81. The summed E-state index contributed by atoms with van der Waals surface area (Å²) in [5.74, 6) is 5.79. The molecule has 0 aromatic heterocycles. The summed E-state index contributed by atoms with van der Waals surface area (Å²) in [6, 6.07) is 7.97. The van der Waals surface area contributed by atoms with Gasteiger partial charge in [-0.15, -0.1) is 0 Å². The van der Waals surface area contributed by atoms with Gasteiger partial charge in [0.1, 0.15) is 6.61 Å². The molecule has 1 saturated heterocycles. The van der Waals surface area contributed by atoms with E-state index in [-0.39, 0.29) is 18.6 Å². The molecule has 1 heterocycles. The zero-order valence-electron chi connectivity index (χ0n) is 11.2. The summed E-state index contributed by atoms with van der Waals surface area (Å²) in [4.78, 5) is 13.9. The molecule has 1 fully saturated rings. The number of hydrogen-bond acceptors (Lipinski definition) is 2. The summed E-state index contributed by atoms with van der Waals surface area (Å²) in [6.07, 6.45) is 2.75. The van der Waals surface area contributed by atoms with Gasteiger partial charge < -0.3 is 10.0 Å². The minimum absolute atomic E-state index is 0.0867. The molecule has 19 heavy (non-hydrogen) atoms. The van der Waals surface area contributed by atoms with Gasteiger partial charge in [0.25, 0.3) is 0 Å². The number of nitrogens with zero attached hydrogens (tertiary/aromatic N) is 1. The van der Waals surface area contributed by atoms with Crippen LogP contribution in [0.5, 0.6) is 0 Å². The van der Waals surface area contributed by atoms with Crippen LogP contribution < -0.4 is 0 Å². The Bertz CT molecular complexity index is 513. The number of carbonyl (C=O) groups excluding carboxylic acids is 1. The quantitative estimate of drug-likeness (QED) is 0.824. The van der Waals surface area contributed by atoms with Gasteiger partial charge in [0.2, 0.25) is 5.91 Å². The highest BCUT2D eigenvalue weighted by Gasteiger charge is 2.23. The number of piperidine rings is 1. The SMILES string of the molecule is CC(c1cccc(C#CCO)c1)N1CCCCC1=O. The highest BCUT2D eigenvalue weighted by Crippen LogP contribution is 2.25. The van der Waals surface area contributed by atoms with E-state index in [4.69, 9.17) is 5.11 Å². The van der Waals surface area contributed by atoms with Crippen LogP contribution in [0.25, 0.3) is 0 Å². The third kappa shape index (κ3) is 3.36. The van der Waals surface area contributed by atoms with Crippen molar-refractivity contribution < 1.29 is 9.90 Å². The minimum Gasteiger partial charge on any atom is -0.384 e. The summed E-state index contributed by atoms with van der Waals surface area (Å²) in [7, 11) is 0. The molecule has 0 aliphatic carbocycles. The van der Waals surface area contributed by atoms with E-state index in [9.17, 15) is 4.79 Å². The maximum Gasteiger partial charge on any atom is 0.223 e. The molecule has 1 aromatic rings. The van der Waals surface area contributed by atoms with E-state index >= 15 is 0 Å². The molecule has 3 nitrogen and oxygen atoms in total. The van der Waals surface area contributed by atoms with Crippen LogP contribution in [0.15, 0.2) is 24.3 Å². The third-order valence-corrected chi connectivity index (χ3v) is 3.51. The monoisotopic (exact) mass is 257 g/mol. The second kappa shape index (κ2) is 6.40. The fourth-order valence-electron chi connectivity index (χ4n) is 2.43. The summed E-state index contributed by atoms with van der Waals surface area (Å²) in [6.45, 7) is 2.76. The molecule has 100 valence electrons. The van der Waals surface area contributed by atoms with Crippen molar-refractivity contribution in [1.29, 1.82) is 0 Å². The Kier molecular flexibility index (Phi) is 4.59. The van der Waals surface area contributed by atoms with E-state index in [0.29, 0.717) is 6.42 Å². The maximum atomic E-state index is 11.9. The Morgan fingerprint density at radius 3 is 3.00 bits per heavy atom. The van der Waals surface area contributed by atoms with Gasteiger partial charge >= 0.3 is 0 Å². The number of rotatable bonds is 2. The largest absolute Gasteiger partial charge is 0.384 e. The second-order valence-corrected chi connectivity index (χ2v) is 4.81. The van der Waals surface area contributed by atoms with Crippen molar-refractivity contribution in [3.63, 3.8) is 0 Å². The van der Waals surface area contributed by atoms with Gasteiger partial charge in [0.05, 0.1) is 6.04 Å². The number of aliphatic hydroxyl groups excluding tert-OH is 1. The Morgan fingerprint density at radius 1 is 1.42 bits per heavy atom. The van der Waals surface area contributed by atoms with Gasteiger partial charge in [-0.05, 0) is 37.5 Å². The molecule has 1 aromatic carbocycles. The van der Waals surface area contributed by atoms with Gasteiger partial charge in [0.15, 0.2) is 0 Å². The molecular weight excluding hydrogens is 238 g/mol. The molecule has 1 aliphatic rings. The summed E-state index contributed by atoms with van der Waals surface area (Å²) >= 11 is 0. The van der Waals surface area contributed by atoms with Crippen molar-refractivity contribution in [3.8, 4) is 11.8 Å². The molecule has 0 bridgehead atoms. The van der Waals surface area contributed by atoms with Gasteiger partial charge in [-0.2, -0.15) is 0 Å². The molecular formula is C16H19NO2. The molecule has 1 N–H and O–H groups in total. The third-order valence-electron chi connectivity index (χ3n) is 3.51. The number of amides is 1. The van der Waals surface area contributed by atoms with Crippen molar-refractivity contribution in [2.45, 2.75) is 32.2 Å². The van der Waals surface area contributed by atoms with Crippen molar-refractivity contribution >= 4 is 5.91 Å². The number of hydrogen-bond donors (Lipinski definition) is 1. The summed E-state index contributed by atoms with van der Waals surface area (Å²) < 4.78 is 0. The van der Waals surface area contributed by atoms with Crippen LogP contribution in [0, 0.1) is 11.8 Å². The lowest BCUT2D eigenvalue weighted by atomic mass is 10.0. The normalized spacial score (nSPS) is 16.7. The minimum atomic E-state index is -0.135. The van der Waals surface area contributed by atoms with E-state index in [1.165, 1.54) is 0 Å². The summed E-state index contributed by atoms with van der Waals surface area (Å²) in [5, 5.41) is 8.72. The van der Waals surface area contributed by atoms with Gasteiger partial charge in [0, 0.05) is 18.5 Å². The van der Waals surface area contributed by atoms with Crippen LogP contribution in [0.2, 0.25) is 0 Å². The highest BCUT2D eigenvalue weighted by molar-refractivity contribution is 5.77. The fourth-order valence-corrected chi connectivity index (χ4v) is 2.43.